The van der Waals surface area contributed by atoms with Crippen LogP contribution < -0.4 is 5.14 Å². The van der Waals surface area contributed by atoms with E-state index in [0.29, 0.717) is 5.52 Å². The highest BCUT2D eigenvalue weighted by atomic mass is 32.2. The second-order valence-corrected chi connectivity index (χ2v) is 4.94. The van der Waals surface area contributed by atoms with Gasteiger partial charge in [0.1, 0.15) is 4.90 Å². The van der Waals surface area contributed by atoms with E-state index >= 15 is 0 Å². The molecule has 0 saturated carbocycles. The number of benzene rings is 1. The molecule has 1 aromatic carbocycles. The summed E-state index contributed by atoms with van der Waals surface area (Å²) in [6.45, 7) is 1.83. The fraction of sp³-hybridized carbons (Fsp3) is 0.222. The Morgan fingerprint density at radius 1 is 1.40 bits per heavy atom. The fourth-order valence-electron chi connectivity index (χ4n) is 1.71. The first-order valence-corrected chi connectivity index (χ1v) is 5.91. The van der Waals surface area contributed by atoms with Crippen LogP contribution in [0.5, 0.6) is 0 Å². The average molecular weight is 225 g/mol. The number of hydrogen-bond donors (Lipinski definition) is 1. The number of rotatable bonds is 1. The molecular weight excluding hydrogens is 214 g/mol. The molecule has 0 spiro atoms. The molecule has 80 valence electrons. The number of nitrogens with zero attached hydrogens (tertiary/aromatic N) is 2. The monoisotopic (exact) mass is 225 g/mol. The van der Waals surface area contributed by atoms with E-state index in [9.17, 15) is 8.42 Å². The predicted octanol–water partition coefficient (Wildman–Crippen LogP) is 0.529. The number of aromatic nitrogens is 2. The summed E-state index contributed by atoms with van der Waals surface area (Å²) in [7, 11) is -2.00. The molecule has 2 aromatic rings. The van der Waals surface area contributed by atoms with Gasteiger partial charge in [0, 0.05) is 12.4 Å². The number of para-hydroxylation sites is 1. The lowest BCUT2D eigenvalue weighted by atomic mass is 10.2. The zero-order chi connectivity index (χ0) is 11.2. The largest absolute Gasteiger partial charge is 0.266 e. The maximum atomic E-state index is 11.3. The standard InChI is InChI=1S/C9H11N3O2S/c1-6-7-4-3-5-8(15(10,13)14)9(7)12(2)11-6/h3-5H,1-2H3,(H2,10,13,14). The van der Waals surface area contributed by atoms with Crippen LogP contribution in [0.15, 0.2) is 23.1 Å². The highest BCUT2D eigenvalue weighted by Crippen LogP contribution is 2.23. The van der Waals surface area contributed by atoms with Crippen molar-refractivity contribution in [1.29, 1.82) is 0 Å². The van der Waals surface area contributed by atoms with Crippen LogP contribution >= 0.6 is 0 Å². The molecule has 0 bridgehead atoms. The van der Waals surface area contributed by atoms with Crippen molar-refractivity contribution in [2.24, 2.45) is 12.2 Å². The van der Waals surface area contributed by atoms with Gasteiger partial charge < -0.3 is 0 Å². The summed E-state index contributed by atoms with van der Waals surface area (Å²) in [6.07, 6.45) is 0. The highest BCUT2D eigenvalue weighted by Gasteiger charge is 2.16. The molecule has 0 unspecified atom stereocenters. The summed E-state index contributed by atoms with van der Waals surface area (Å²) in [5, 5.41) is 10.1. The predicted molar refractivity (Wildman–Crippen MR) is 56.8 cm³/mol. The Balaban J connectivity index is 3.00. The van der Waals surface area contributed by atoms with Gasteiger partial charge in [-0.3, -0.25) is 4.68 Å². The Bertz CT molecular complexity index is 628. The van der Waals surface area contributed by atoms with Crippen molar-refractivity contribution in [1.82, 2.24) is 9.78 Å². The van der Waals surface area contributed by atoms with E-state index in [2.05, 4.69) is 5.10 Å². The number of sulfonamides is 1. The minimum Gasteiger partial charge on any atom is -0.266 e. The Kier molecular flexibility index (Phi) is 2.06. The molecule has 1 aromatic heterocycles. The summed E-state index contributed by atoms with van der Waals surface area (Å²) in [4.78, 5) is 0.114. The van der Waals surface area contributed by atoms with Crippen molar-refractivity contribution in [2.45, 2.75) is 11.8 Å². The molecule has 0 aliphatic heterocycles. The van der Waals surface area contributed by atoms with Gasteiger partial charge in [-0.1, -0.05) is 12.1 Å². The molecule has 6 heteroatoms. The minimum atomic E-state index is -3.70. The Morgan fingerprint density at radius 3 is 2.67 bits per heavy atom. The molecule has 15 heavy (non-hydrogen) atoms. The summed E-state index contributed by atoms with van der Waals surface area (Å²) < 4.78 is 24.2. The van der Waals surface area contributed by atoms with E-state index in [1.54, 1.807) is 13.1 Å². The first-order valence-electron chi connectivity index (χ1n) is 4.36. The maximum Gasteiger partial charge on any atom is 0.240 e. The minimum absolute atomic E-state index is 0.114. The third-order valence-electron chi connectivity index (χ3n) is 2.32. The van der Waals surface area contributed by atoms with Crippen LogP contribution in [-0.2, 0) is 17.1 Å². The fourth-order valence-corrected chi connectivity index (χ4v) is 2.49. The average Bonchev–Trinajstić information content (AvgIpc) is 2.41. The van der Waals surface area contributed by atoms with Crippen LogP contribution in [0.25, 0.3) is 10.9 Å². The molecule has 0 saturated heterocycles. The maximum absolute atomic E-state index is 11.3. The smallest absolute Gasteiger partial charge is 0.240 e. The molecule has 2 N–H and O–H groups in total. The second kappa shape index (κ2) is 3.04. The summed E-state index contributed by atoms with van der Waals surface area (Å²) in [6, 6.07) is 4.97. The van der Waals surface area contributed by atoms with E-state index < -0.39 is 10.0 Å². The van der Waals surface area contributed by atoms with E-state index in [0.717, 1.165) is 11.1 Å². The van der Waals surface area contributed by atoms with Crippen LogP contribution in [0.4, 0.5) is 0 Å². The number of primary sulfonamides is 1. The van der Waals surface area contributed by atoms with Crippen LogP contribution in [0.1, 0.15) is 5.69 Å². The molecule has 1 heterocycles. The second-order valence-electron chi connectivity index (χ2n) is 3.41. The molecule has 2 rings (SSSR count). The molecule has 0 radical (unpaired) electrons. The molecule has 0 aliphatic rings. The number of hydrogen-bond acceptors (Lipinski definition) is 3. The van der Waals surface area contributed by atoms with Crippen LogP contribution in [0.2, 0.25) is 0 Å². The zero-order valence-corrected chi connectivity index (χ0v) is 9.25. The summed E-state index contributed by atoms with van der Waals surface area (Å²) in [5.74, 6) is 0. The van der Waals surface area contributed by atoms with Crippen molar-refractivity contribution in [3.05, 3.63) is 23.9 Å². The van der Waals surface area contributed by atoms with Gasteiger partial charge in [-0.2, -0.15) is 5.10 Å². The lowest BCUT2D eigenvalue weighted by Crippen LogP contribution is -2.13. The first-order chi connectivity index (χ1) is 6.91. The zero-order valence-electron chi connectivity index (χ0n) is 8.43. The Hall–Kier alpha value is -1.40. The van der Waals surface area contributed by atoms with Gasteiger partial charge in [0.2, 0.25) is 10.0 Å². The van der Waals surface area contributed by atoms with E-state index in [1.807, 2.05) is 13.0 Å². The number of fused-ring (bicyclic) bond motifs is 1. The normalized spacial score (nSPS) is 12.2. The van der Waals surface area contributed by atoms with Crippen molar-refractivity contribution < 1.29 is 8.42 Å². The van der Waals surface area contributed by atoms with Gasteiger partial charge in [-0.05, 0) is 13.0 Å². The topological polar surface area (TPSA) is 78.0 Å². The quantitative estimate of drug-likeness (QED) is 0.769. The van der Waals surface area contributed by atoms with E-state index in [-0.39, 0.29) is 4.90 Å². The first kappa shape index (κ1) is 10.1. The van der Waals surface area contributed by atoms with Gasteiger partial charge in [0.25, 0.3) is 0 Å². The molecule has 5 nitrogen and oxygen atoms in total. The lowest BCUT2D eigenvalue weighted by Gasteiger charge is -2.01. The summed E-state index contributed by atoms with van der Waals surface area (Å²) in [5.41, 5.74) is 1.34. The van der Waals surface area contributed by atoms with Crippen molar-refractivity contribution >= 4 is 20.9 Å². The van der Waals surface area contributed by atoms with E-state index in [4.69, 9.17) is 5.14 Å². The van der Waals surface area contributed by atoms with Gasteiger partial charge >= 0.3 is 0 Å². The van der Waals surface area contributed by atoms with Crippen molar-refractivity contribution in [2.75, 3.05) is 0 Å². The molecule has 0 aliphatic carbocycles. The van der Waals surface area contributed by atoms with Gasteiger partial charge in [-0.25, -0.2) is 13.6 Å². The van der Waals surface area contributed by atoms with Gasteiger partial charge in [0.05, 0.1) is 11.2 Å². The van der Waals surface area contributed by atoms with Crippen LogP contribution in [0.3, 0.4) is 0 Å². The molecular formula is C9H11N3O2S. The SMILES string of the molecule is Cc1nn(C)c2c(S(N)(=O)=O)cccc12. The third-order valence-corrected chi connectivity index (χ3v) is 3.26. The molecule has 0 fully saturated rings. The molecule has 0 atom stereocenters. The lowest BCUT2D eigenvalue weighted by molar-refractivity contribution is 0.598. The van der Waals surface area contributed by atoms with E-state index in [1.165, 1.54) is 10.7 Å². The number of nitrogens with two attached hydrogens (primary N) is 1. The Labute approximate surface area is 87.6 Å². The van der Waals surface area contributed by atoms with Gasteiger partial charge in [0.15, 0.2) is 0 Å². The van der Waals surface area contributed by atoms with Gasteiger partial charge in [-0.15, -0.1) is 0 Å². The van der Waals surface area contributed by atoms with Crippen molar-refractivity contribution in [3.63, 3.8) is 0 Å². The highest BCUT2D eigenvalue weighted by molar-refractivity contribution is 7.89. The van der Waals surface area contributed by atoms with Crippen LogP contribution in [0, 0.1) is 6.92 Å². The summed E-state index contributed by atoms with van der Waals surface area (Å²) >= 11 is 0. The van der Waals surface area contributed by atoms with Crippen molar-refractivity contribution in [3.8, 4) is 0 Å². The Morgan fingerprint density at radius 2 is 2.07 bits per heavy atom. The third kappa shape index (κ3) is 1.51. The molecule has 0 amide bonds. The number of aryl methyl sites for hydroxylation is 2. The van der Waals surface area contributed by atoms with Crippen LogP contribution in [-0.4, -0.2) is 18.2 Å².